The number of carbonyl (C=O) groups is 1. The molecule has 0 spiro atoms. The maximum absolute atomic E-state index is 12.7. The van der Waals surface area contributed by atoms with Crippen LogP contribution in [0.5, 0.6) is 0 Å². The molecule has 0 atom stereocenters. The Labute approximate surface area is 139 Å². The molecule has 0 N–H and O–H groups in total. The zero-order chi connectivity index (χ0) is 16.3. The van der Waals surface area contributed by atoms with Crippen molar-refractivity contribution in [2.24, 2.45) is 5.92 Å². The molecule has 0 unspecified atom stereocenters. The molecule has 122 valence electrons. The molecule has 1 heterocycles. The van der Waals surface area contributed by atoms with E-state index in [0.717, 1.165) is 10.0 Å². The number of carbonyl (C=O) groups excluding carboxylic acids is 1. The van der Waals surface area contributed by atoms with Crippen LogP contribution in [0.2, 0.25) is 0 Å². The topological polar surface area (TPSA) is 63.7 Å². The van der Waals surface area contributed by atoms with Gasteiger partial charge in [-0.05, 0) is 50.5 Å². The summed E-state index contributed by atoms with van der Waals surface area (Å²) in [7, 11) is -3.52. The molecule has 0 aliphatic carbocycles. The van der Waals surface area contributed by atoms with Crippen molar-refractivity contribution < 1.29 is 17.9 Å². The first-order valence-corrected chi connectivity index (χ1v) is 9.52. The number of rotatable bonds is 4. The van der Waals surface area contributed by atoms with Crippen LogP contribution in [0.4, 0.5) is 0 Å². The van der Waals surface area contributed by atoms with Gasteiger partial charge in [0.25, 0.3) is 0 Å². The number of piperidine rings is 1. The molecule has 2 rings (SSSR count). The van der Waals surface area contributed by atoms with E-state index in [1.54, 1.807) is 19.1 Å². The number of halogens is 1. The van der Waals surface area contributed by atoms with Gasteiger partial charge in [0.15, 0.2) is 0 Å². The van der Waals surface area contributed by atoms with E-state index in [-0.39, 0.29) is 16.8 Å². The van der Waals surface area contributed by atoms with Crippen molar-refractivity contribution in [1.82, 2.24) is 4.31 Å². The van der Waals surface area contributed by atoms with E-state index in [1.165, 1.54) is 4.31 Å². The summed E-state index contributed by atoms with van der Waals surface area (Å²) in [4.78, 5) is 12.0. The average Bonchev–Trinajstić information content (AvgIpc) is 2.46. The molecule has 5 nitrogen and oxygen atoms in total. The van der Waals surface area contributed by atoms with Crippen molar-refractivity contribution in [3.63, 3.8) is 0 Å². The standard InChI is InChI=1S/C15H20BrNO4S/c1-3-21-15(18)12-4-6-17(7-5-12)22(19,20)14-9-11(2)8-13(16)10-14/h8-10,12H,3-7H2,1-2H3. The third kappa shape index (κ3) is 3.88. The number of esters is 1. The summed E-state index contributed by atoms with van der Waals surface area (Å²) in [6.07, 6.45) is 1.01. The highest BCUT2D eigenvalue weighted by Gasteiger charge is 2.32. The summed E-state index contributed by atoms with van der Waals surface area (Å²) >= 11 is 3.33. The van der Waals surface area contributed by atoms with E-state index in [4.69, 9.17) is 4.74 Å². The summed E-state index contributed by atoms with van der Waals surface area (Å²) in [6, 6.07) is 5.14. The van der Waals surface area contributed by atoms with Gasteiger partial charge in [-0.1, -0.05) is 15.9 Å². The van der Waals surface area contributed by atoms with Gasteiger partial charge in [-0.15, -0.1) is 0 Å². The summed E-state index contributed by atoms with van der Waals surface area (Å²) < 4.78 is 32.6. The normalized spacial score (nSPS) is 17.4. The Bertz CT molecular complexity index is 631. The first-order valence-electron chi connectivity index (χ1n) is 7.28. The van der Waals surface area contributed by atoms with Crippen LogP contribution in [0.15, 0.2) is 27.6 Å². The maximum Gasteiger partial charge on any atom is 0.309 e. The molecule has 1 fully saturated rings. The van der Waals surface area contributed by atoms with Crippen LogP contribution < -0.4 is 0 Å². The predicted octanol–water partition coefficient (Wildman–Crippen LogP) is 2.72. The maximum atomic E-state index is 12.7. The van der Waals surface area contributed by atoms with Gasteiger partial charge in [-0.25, -0.2) is 8.42 Å². The highest BCUT2D eigenvalue weighted by atomic mass is 79.9. The highest BCUT2D eigenvalue weighted by Crippen LogP contribution is 2.27. The van der Waals surface area contributed by atoms with Gasteiger partial charge >= 0.3 is 5.97 Å². The van der Waals surface area contributed by atoms with Crippen molar-refractivity contribution in [3.8, 4) is 0 Å². The monoisotopic (exact) mass is 389 g/mol. The Hall–Kier alpha value is -0.920. The minimum atomic E-state index is -3.52. The Kier molecular flexibility index (Phi) is 5.63. The third-order valence-corrected chi connectivity index (χ3v) is 6.06. The number of hydrogen-bond donors (Lipinski definition) is 0. The molecular formula is C15H20BrNO4S. The first-order chi connectivity index (χ1) is 10.3. The number of nitrogens with zero attached hydrogens (tertiary/aromatic N) is 1. The first kappa shape index (κ1) is 17.4. The van der Waals surface area contributed by atoms with E-state index in [0.29, 0.717) is 32.5 Å². The summed E-state index contributed by atoms with van der Waals surface area (Å²) in [5.74, 6) is -0.423. The summed E-state index contributed by atoms with van der Waals surface area (Å²) in [6.45, 7) is 4.67. The second-order valence-corrected chi connectivity index (χ2v) is 8.25. The summed E-state index contributed by atoms with van der Waals surface area (Å²) in [5, 5.41) is 0. The lowest BCUT2D eigenvalue weighted by molar-refractivity contribution is -0.149. The molecule has 1 aliphatic heterocycles. The lowest BCUT2D eigenvalue weighted by atomic mass is 9.98. The van der Waals surface area contributed by atoms with Gasteiger partial charge in [-0.3, -0.25) is 4.79 Å². The van der Waals surface area contributed by atoms with Crippen LogP contribution in [0.25, 0.3) is 0 Å². The van der Waals surface area contributed by atoms with Crippen LogP contribution >= 0.6 is 15.9 Å². The van der Waals surface area contributed by atoms with Gasteiger partial charge in [0.2, 0.25) is 10.0 Å². The Morgan fingerprint density at radius 3 is 2.50 bits per heavy atom. The lowest BCUT2D eigenvalue weighted by Gasteiger charge is -2.30. The van der Waals surface area contributed by atoms with Gasteiger partial charge < -0.3 is 4.74 Å². The van der Waals surface area contributed by atoms with Crippen molar-refractivity contribution in [1.29, 1.82) is 0 Å². The minimum absolute atomic E-state index is 0.198. The van der Waals surface area contributed by atoms with Crippen molar-refractivity contribution in [3.05, 3.63) is 28.2 Å². The molecule has 7 heteroatoms. The van der Waals surface area contributed by atoms with Crippen LogP contribution in [0.3, 0.4) is 0 Å². The third-order valence-electron chi connectivity index (χ3n) is 3.73. The molecule has 1 aromatic rings. The van der Waals surface area contributed by atoms with Gasteiger partial charge in [0.05, 0.1) is 17.4 Å². The number of aryl methyl sites for hydroxylation is 1. The van der Waals surface area contributed by atoms with Crippen molar-refractivity contribution in [2.45, 2.75) is 31.6 Å². The van der Waals surface area contributed by atoms with E-state index in [9.17, 15) is 13.2 Å². The number of benzene rings is 1. The second-order valence-electron chi connectivity index (χ2n) is 5.39. The van der Waals surface area contributed by atoms with E-state index >= 15 is 0 Å². The molecule has 0 amide bonds. The quantitative estimate of drug-likeness (QED) is 0.742. The molecule has 0 saturated carbocycles. The molecule has 22 heavy (non-hydrogen) atoms. The molecule has 1 saturated heterocycles. The van der Waals surface area contributed by atoms with Crippen LogP contribution in [-0.4, -0.2) is 38.4 Å². The molecule has 0 aromatic heterocycles. The minimum Gasteiger partial charge on any atom is -0.466 e. The zero-order valence-electron chi connectivity index (χ0n) is 12.7. The summed E-state index contributed by atoms with van der Waals surface area (Å²) in [5.41, 5.74) is 0.884. The Morgan fingerprint density at radius 1 is 1.32 bits per heavy atom. The SMILES string of the molecule is CCOC(=O)C1CCN(S(=O)(=O)c2cc(C)cc(Br)c2)CC1. The fraction of sp³-hybridized carbons (Fsp3) is 0.533. The number of sulfonamides is 1. The molecular weight excluding hydrogens is 370 g/mol. The Balaban J connectivity index is 2.11. The largest absolute Gasteiger partial charge is 0.466 e. The van der Waals surface area contributed by atoms with Crippen molar-refractivity contribution >= 4 is 31.9 Å². The Morgan fingerprint density at radius 2 is 1.95 bits per heavy atom. The van der Waals surface area contributed by atoms with E-state index < -0.39 is 10.0 Å². The van der Waals surface area contributed by atoms with Gasteiger partial charge in [-0.2, -0.15) is 4.31 Å². The highest BCUT2D eigenvalue weighted by molar-refractivity contribution is 9.10. The fourth-order valence-electron chi connectivity index (χ4n) is 2.59. The number of ether oxygens (including phenoxy) is 1. The fourth-order valence-corrected chi connectivity index (χ4v) is 4.95. The molecule has 1 aromatic carbocycles. The zero-order valence-corrected chi connectivity index (χ0v) is 15.1. The number of hydrogen-bond acceptors (Lipinski definition) is 4. The van der Waals surface area contributed by atoms with Crippen LogP contribution in [-0.2, 0) is 19.6 Å². The van der Waals surface area contributed by atoms with Gasteiger partial charge in [0, 0.05) is 17.6 Å². The van der Waals surface area contributed by atoms with Crippen LogP contribution in [0.1, 0.15) is 25.3 Å². The van der Waals surface area contributed by atoms with Crippen LogP contribution in [0, 0.1) is 12.8 Å². The molecule has 0 bridgehead atoms. The molecule has 1 aliphatic rings. The molecule has 0 radical (unpaired) electrons. The van der Waals surface area contributed by atoms with Crippen molar-refractivity contribution in [2.75, 3.05) is 19.7 Å². The second kappa shape index (κ2) is 7.10. The van der Waals surface area contributed by atoms with E-state index in [1.807, 2.05) is 13.0 Å². The lowest BCUT2D eigenvalue weighted by Crippen LogP contribution is -2.40. The van der Waals surface area contributed by atoms with Gasteiger partial charge in [0.1, 0.15) is 0 Å². The smallest absolute Gasteiger partial charge is 0.309 e. The van der Waals surface area contributed by atoms with E-state index in [2.05, 4.69) is 15.9 Å². The average molecular weight is 390 g/mol. The predicted molar refractivity (Wildman–Crippen MR) is 87.0 cm³/mol.